The van der Waals surface area contributed by atoms with Gasteiger partial charge in [0, 0.05) is 4.90 Å². The molecule has 23 heavy (non-hydrogen) atoms. The Bertz CT molecular complexity index is 660. The van der Waals surface area contributed by atoms with E-state index in [1.54, 1.807) is 0 Å². The number of rotatable bonds is 7. The predicted octanol–water partition coefficient (Wildman–Crippen LogP) is 4.91. The molecule has 0 spiro atoms. The van der Waals surface area contributed by atoms with E-state index < -0.39 is 16.9 Å². The van der Waals surface area contributed by atoms with Crippen LogP contribution in [0.15, 0.2) is 70.5 Å². The lowest BCUT2D eigenvalue weighted by atomic mass is 10.1. The molecule has 0 amide bonds. The fraction of sp³-hybridized carbons (Fsp3) is 0.300. The number of aryl methyl sites for hydroxylation is 1. The molecule has 0 saturated heterocycles. The maximum atomic E-state index is 12.9. The standard InChI is InChI=1S/C20H24O2S/c1-3-4-6-11-19(20(21)17-9-7-5-8-10-17)23(22)18-14-12-16(2)13-15-18/h5,7-15,20-21H,3-4,6H2,1-2H3/b19-11-/t20-,23-/m0/s1. The quantitative estimate of drug-likeness (QED) is 0.733. The summed E-state index contributed by atoms with van der Waals surface area (Å²) < 4.78 is 12.9. The molecule has 2 nitrogen and oxygen atoms in total. The summed E-state index contributed by atoms with van der Waals surface area (Å²) in [5.74, 6) is 0. The average Bonchev–Trinajstić information content (AvgIpc) is 2.59. The van der Waals surface area contributed by atoms with E-state index in [0.29, 0.717) is 4.91 Å². The van der Waals surface area contributed by atoms with Gasteiger partial charge in [-0.1, -0.05) is 73.9 Å². The lowest BCUT2D eigenvalue weighted by Gasteiger charge is -2.16. The van der Waals surface area contributed by atoms with Crippen LogP contribution in [-0.4, -0.2) is 9.32 Å². The summed E-state index contributed by atoms with van der Waals surface area (Å²) in [5.41, 5.74) is 1.90. The van der Waals surface area contributed by atoms with Crippen LogP contribution in [0.2, 0.25) is 0 Å². The summed E-state index contributed by atoms with van der Waals surface area (Å²) in [6, 6.07) is 17.1. The van der Waals surface area contributed by atoms with Crippen LogP contribution in [-0.2, 0) is 10.8 Å². The number of allylic oxidation sites excluding steroid dienone is 1. The largest absolute Gasteiger partial charge is 0.383 e. The third-order valence-electron chi connectivity index (χ3n) is 3.74. The molecule has 3 heteroatoms. The molecule has 2 aromatic rings. The summed E-state index contributed by atoms with van der Waals surface area (Å²) in [4.78, 5) is 1.31. The number of hydrogen-bond acceptors (Lipinski definition) is 2. The molecule has 0 fully saturated rings. The number of aliphatic hydroxyl groups is 1. The third kappa shape index (κ3) is 4.88. The molecule has 0 bridgehead atoms. The van der Waals surface area contributed by atoms with Crippen molar-refractivity contribution in [1.29, 1.82) is 0 Å². The molecule has 1 N–H and O–H groups in total. The molecule has 2 rings (SSSR count). The van der Waals surface area contributed by atoms with Crippen molar-refractivity contribution in [2.45, 2.75) is 44.1 Å². The van der Waals surface area contributed by atoms with Gasteiger partial charge in [-0.3, -0.25) is 0 Å². The van der Waals surface area contributed by atoms with Crippen molar-refractivity contribution >= 4 is 10.8 Å². The molecule has 0 aromatic heterocycles. The molecule has 0 aliphatic carbocycles. The van der Waals surface area contributed by atoms with E-state index in [9.17, 15) is 9.32 Å². The Morgan fingerprint density at radius 1 is 1.13 bits per heavy atom. The van der Waals surface area contributed by atoms with Crippen molar-refractivity contribution in [2.75, 3.05) is 0 Å². The highest BCUT2D eigenvalue weighted by molar-refractivity contribution is 7.89. The average molecular weight is 328 g/mol. The monoisotopic (exact) mass is 328 g/mol. The first kappa shape index (κ1) is 17.6. The van der Waals surface area contributed by atoms with Crippen LogP contribution in [0.5, 0.6) is 0 Å². The SMILES string of the molecule is CCCC/C=C(/[C@@H](O)c1ccccc1)[S@@](=O)c1ccc(C)cc1. The van der Waals surface area contributed by atoms with Crippen molar-refractivity contribution in [3.8, 4) is 0 Å². The molecule has 2 aromatic carbocycles. The fourth-order valence-electron chi connectivity index (χ4n) is 2.33. The fourth-order valence-corrected chi connectivity index (χ4v) is 3.60. The molecule has 0 heterocycles. The van der Waals surface area contributed by atoms with Gasteiger partial charge in [-0.25, -0.2) is 4.21 Å². The van der Waals surface area contributed by atoms with Gasteiger partial charge in [0.05, 0.1) is 15.7 Å². The van der Waals surface area contributed by atoms with Crippen LogP contribution in [0, 0.1) is 6.92 Å². The molecule has 0 unspecified atom stereocenters. The minimum atomic E-state index is -1.35. The molecule has 0 aliphatic rings. The maximum Gasteiger partial charge on any atom is 0.112 e. The van der Waals surface area contributed by atoms with E-state index in [1.165, 1.54) is 0 Å². The lowest BCUT2D eigenvalue weighted by Crippen LogP contribution is -2.08. The molecule has 0 saturated carbocycles. The normalized spacial score (nSPS) is 14.5. The zero-order valence-electron chi connectivity index (χ0n) is 13.7. The van der Waals surface area contributed by atoms with E-state index >= 15 is 0 Å². The first-order valence-electron chi connectivity index (χ1n) is 8.05. The van der Waals surface area contributed by atoms with Gasteiger partial charge in [-0.15, -0.1) is 0 Å². The van der Waals surface area contributed by atoms with Gasteiger partial charge in [0.15, 0.2) is 0 Å². The Labute approximate surface area is 141 Å². The summed E-state index contributed by atoms with van der Waals surface area (Å²) in [6.45, 7) is 4.13. The first-order chi connectivity index (χ1) is 11.1. The van der Waals surface area contributed by atoms with Crippen molar-refractivity contribution < 1.29 is 9.32 Å². The number of aliphatic hydroxyl groups excluding tert-OH is 1. The second kappa shape index (κ2) is 8.80. The lowest BCUT2D eigenvalue weighted by molar-refractivity contribution is 0.223. The summed E-state index contributed by atoms with van der Waals surface area (Å²) >= 11 is 0. The summed E-state index contributed by atoms with van der Waals surface area (Å²) in [7, 11) is -1.35. The van der Waals surface area contributed by atoms with Crippen molar-refractivity contribution in [3.05, 3.63) is 76.7 Å². The Balaban J connectivity index is 2.32. The van der Waals surface area contributed by atoms with E-state index in [0.717, 1.165) is 35.3 Å². The van der Waals surface area contributed by atoms with Crippen LogP contribution >= 0.6 is 0 Å². The van der Waals surface area contributed by atoms with E-state index in [-0.39, 0.29) is 0 Å². The van der Waals surface area contributed by atoms with Gasteiger partial charge in [-0.05, 0) is 31.0 Å². The minimum absolute atomic E-state index is 0.577. The topological polar surface area (TPSA) is 37.3 Å². The highest BCUT2D eigenvalue weighted by Gasteiger charge is 2.20. The minimum Gasteiger partial charge on any atom is -0.383 e. The summed E-state index contributed by atoms with van der Waals surface area (Å²) in [6.07, 6.45) is 4.03. The second-order valence-electron chi connectivity index (χ2n) is 5.64. The Hall–Kier alpha value is -1.71. The van der Waals surface area contributed by atoms with Crippen molar-refractivity contribution in [1.82, 2.24) is 0 Å². The Morgan fingerprint density at radius 2 is 1.78 bits per heavy atom. The zero-order valence-corrected chi connectivity index (χ0v) is 14.6. The van der Waals surface area contributed by atoms with Gasteiger partial charge >= 0.3 is 0 Å². The number of hydrogen-bond donors (Lipinski definition) is 1. The second-order valence-corrected chi connectivity index (χ2v) is 7.12. The molecule has 0 radical (unpaired) electrons. The molecular formula is C20H24O2S. The maximum absolute atomic E-state index is 12.9. The molecule has 0 aliphatic heterocycles. The van der Waals surface area contributed by atoms with Crippen molar-refractivity contribution in [3.63, 3.8) is 0 Å². The highest BCUT2D eigenvalue weighted by atomic mass is 32.2. The third-order valence-corrected chi connectivity index (χ3v) is 5.26. The van der Waals surface area contributed by atoms with Crippen LogP contribution in [0.25, 0.3) is 0 Å². The van der Waals surface area contributed by atoms with E-state index in [4.69, 9.17) is 0 Å². The predicted molar refractivity (Wildman–Crippen MR) is 96.6 cm³/mol. The van der Waals surface area contributed by atoms with Gasteiger partial charge in [0.25, 0.3) is 0 Å². The molecular weight excluding hydrogens is 304 g/mol. The van der Waals surface area contributed by atoms with Crippen LogP contribution in [0.4, 0.5) is 0 Å². The van der Waals surface area contributed by atoms with Crippen LogP contribution in [0.1, 0.15) is 43.4 Å². The van der Waals surface area contributed by atoms with Crippen molar-refractivity contribution in [2.24, 2.45) is 0 Å². The van der Waals surface area contributed by atoms with Crippen LogP contribution < -0.4 is 0 Å². The highest BCUT2D eigenvalue weighted by Crippen LogP contribution is 2.28. The Morgan fingerprint density at radius 3 is 2.39 bits per heavy atom. The zero-order chi connectivity index (χ0) is 16.7. The summed E-state index contributed by atoms with van der Waals surface area (Å²) in [5, 5.41) is 10.7. The van der Waals surface area contributed by atoms with Gasteiger partial charge in [0.1, 0.15) is 6.10 Å². The number of unbranched alkanes of at least 4 members (excludes halogenated alkanes) is 2. The van der Waals surface area contributed by atoms with E-state index in [2.05, 4.69) is 6.92 Å². The molecule has 2 atom stereocenters. The van der Waals surface area contributed by atoms with Gasteiger partial charge in [-0.2, -0.15) is 0 Å². The Kier molecular flexibility index (Phi) is 6.75. The number of benzene rings is 2. The van der Waals surface area contributed by atoms with E-state index in [1.807, 2.05) is 67.6 Å². The van der Waals surface area contributed by atoms with Gasteiger partial charge < -0.3 is 5.11 Å². The molecule has 122 valence electrons. The van der Waals surface area contributed by atoms with Gasteiger partial charge in [0.2, 0.25) is 0 Å². The first-order valence-corrected chi connectivity index (χ1v) is 9.20. The van der Waals surface area contributed by atoms with Crippen LogP contribution in [0.3, 0.4) is 0 Å². The smallest absolute Gasteiger partial charge is 0.112 e.